The van der Waals surface area contributed by atoms with Crippen LogP contribution in [0.25, 0.3) is 0 Å². The van der Waals surface area contributed by atoms with Crippen LogP contribution in [0.2, 0.25) is 0 Å². The van der Waals surface area contributed by atoms with Crippen molar-refractivity contribution in [2.45, 2.75) is 433 Å². The summed E-state index contributed by atoms with van der Waals surface area (Å²) in [5, 5.41) is 84.7. The third-order valence-corrected chi connectivity index (χ3v) is 20.3. The lowest BCUT2D eigenvalue weighted by Crippen LogP contribution is -2.33. The minimum absolute atomic E-state index is 0.162. The number of rotatable bonds is 50. The summed E-state index contributed by atoms with van der Waals surface area (Å²) in [6.45, 7) is 8.14. The van der Waals surface area contributed by atoms with Gasteiger partial charge in [-0.3, -0.25) is 0 Å². The largest absolute Gasteiger partial charge is 0.455 e. The molecule has 8 N–H and O–H groups in total. The fourth-order valence-corrected chi connectivity index (χ4v) is 14.6. The Kier molecular flexibility index (Phi) is 40.3. The molecule has 6 aliphatic rings. The van der Waals surface area contributed by atoms with Gasteiger partial charge >= 0.3 is 11.9 Å². The minimum Gasteiger partial charge on any atom is -0.455 e. The molecule has 0 amide bonds. The molecule has 0 aliphatic carbocycles. The predicted molar refractivity (Wildman–Crippen MR) is 354 cm³/mol. The van der Waals surface area contributed by atoms with Crippen LogP contribution in [0.1, 0.15) is 323 Å². The number of esters is 2. The smallest absolute Gasteiger partial charge is 0.334 e. The highest BCUT2D eigenvalue weighted by molar-refractivity contribution is 5.91. The zero-order valence-corrected chi connectivity index (χ0v) is 56.9. The molecule has 0 aromatic carbocycles. The fourth-order valence-electron chi connectivity index (χ4n) is 14.6. The first kappa shape index (κ1) is 78.6. The average Bonchev–Trinajstić information content (AvgIpc) is 3.40. The Hall–Kier alpha value is -2.06. The van der Waals surface area contributed by atoms with Gasteiger partial charge in [-0.2, -0.15) is 0 Å². The lowest BCUT2D eigenvalue weighted by Gasteiger charge is -2.24. The van der Waals surface area contributed by atoms with Crippen molar-refractivity contribution in [1.82, 2.24) is 0 Å². The van der Waals surface area contributed by atoms with Gasteiger partial charge in [-0.15, -0.1) is 0 Å². The van der Waals surface area contributed by atoms with Crippen molar-refractivity contribution in [3.05, 3.63) is 23.3 Å². The van der Waals surface area contributed by atoms with Gasteiger partial charge in [-0.25, -0.2) is 9.59 Å². The number of hydrogen-bond donors (Lipinski definition) is 8. The third kappa shape index (κ3) is 31.7. The lowest BCUT2D eigenvalue weighted by molar-refractivity contribution is -0.140. The fraction of sp³-hybridized carbons (Fsp3) is 0.919. The van der Waals surface area contributed by atoms with Gasteiger partial charge in [-0.1, -0.05) is 181 Å². The summed E-state index contributed by atoms with van der Waals surface area (Å²) in [6.07, 6.45) is 43.2. The highest BCUT2D eigenvalue weighted by atomic mass is 16.6. The second-order valence-corrected chi connectivity index (χ2v) is 28.4. The Morgan fingerprint density at radius 3 is 0.889 bits per heavy atom. The van der Waals surface area contributed by atoms with Crippen molar-refractivity contribution < 1.29 is 78.9 Å². The van der Waals surface area contributed by atoms with Crippen LogP contribution in [-0.2, 0) is 38.0 Å². The number of ether oxygens (including phenoxy) is 6. The molecular formula is C74H132O16. The van der Waals surface area contributed by atoms with Crippen molar-refractivity contribution in [1.29, 1.82) is 0 Å². The summed E-state index contributed by atoms with van der Waals surface area (Å²) in [7, 11) is 0. The maximum absolute atomic E-state index is 11.7. The van der Waals surface area contributed by atoms with E-state index in [2.05, 4.69) is 13.8 Å². The molecule has 4 saturated heterocycles. The molecule has 18 atom stereocenters. The van der Waals surface area contributed by atoms with E-state index in [1.54, 1.807) is 12.2 Å². The number of carbonyl (C=O) groups excluding carboxylic acids is 2. The zero-order valence-electron chi connectivity index (χ0n) is 56.9. The van der Waals surface area contributed by atoms with Crippen LogP contribution < -0.4 is 0 Å². The molecular weight excluding hydrogens is 1140 g/mol. The Morgan fingerprint density at radius 2 is 0.589 bits per heavy atom. The van der Waals surface area contributed by atoms with Gasteiger partial charge in [0.15, 0.2) is 0 Å². The molecule has 0 spiro atoms. The van der Waals surface area contributed by atoms with E-state index >= 15 is 0 Å². The number of carbonyl (C=O) groups is 2. The summed E-state index contributed by atoms with van der Waals surface area (Å²) in [4.78, 5) is 23.4. The molecule has 0 bridgehead atoms. The second kappa shape index (κ2) is 46.2. The van der Waals surface area contributed by atoms with Crippen molar-refractivity contribution in [3.8, 4) is 0 Å². The molecule has 0 aromatic heterocycles. The molecule has 6 rings (SSSR count). The molecule has 90 heavy (non-hydrogen) atoms. The summed E-state index contributed by atoms with van der Waals surface area (Å²) in [6, 6.07) is 0. The monoisotopic (exact) mass is 1280 g/mol. The van der Waals surface area contributed by atoms with Gasteiger partial charge in [0, 0.05) is 24.0 Å². The van der Waals surface area contributed by atoms with Crippen molar-refractivity contribution in [3.63, 3.8) is 0 Å². The Morgan fingerprint density at radius 1 is 0.333 bits per heavy atom. The van der Waals surface area contributed by atoms with Crippen molar-refractivity contribution in [2.75, 3.05) is 0 Å². The van der Waals surface area contributed by atoms with Crippen LogP contribution in [0, 0.1) is 0 Å². The van der Waals surface area contributed by atoms with E-state index in [0.717, 1.165) is 167 Å². The van der Waals surface area contributed by atoms with E-state index in [0.29, 0.717) is 62.5 Å². The molecule has 0 unspecified atom stereocenters. The van der Waals surface area contributed by atoms with E-state index in [9.17, 15) is 50.4 Å². The van der Waals surface area contributed by atoms with Crippen LogP contribution in [0.5, 0.6) is 0 Å². The standard InChI is InChI=1S/2C37H66O8/c2*1-3-4-5-6-7-8-12-15-18-31(39)35-23-24-36(45-35)33(41)21-20-32(40)34-22-19-30(44-34)17-14-11-9-10-13-16-29(38)26-28-25-27(2)43-37(28)42/h2*25,27,29-36,38-41H,3-24,26H2,1-2H3/t27-,29+,30+,31-,32-,33+,34-,35+,36+;27-,29+,30+,31-,32-,33-,34-,35+,36-/m00/s1. The summed E-state index contributed by atoms with van der Waals surface area (Å²) < 4.78 is 34.7. The minimum atomic E-state index is -0.627. The molecule has 524 valence electrons. The summed E-state index contributed by atoms with van der Waals surface area (Å²) >= 11 is 0. The normalized spacial score (nSPS) is 27.8. The van der Waals surface area contributed by atoms with E-state index in [1.165, 1.54) is 77.0 Å². The highest BCUT2D eigenvalue weighted by Crippen LogP contribution is 2.34. The van der Waals surface area contributed by atoms with Gasteiger partial charge in [-0.05, 0) is 142 Å². The Bertz CT molecular complexity index is 1800. The van der Waals surface area contributed by atoms with Crippen molar-refractivity contribution in [2.24, 2.45) is 0 Å². The summed E-state index contributed by atoms with van der Waals surface area (Å²) in [5.41, 5.74) is 1.20. The molecule has 6 aliphatic heterocycles. The molecule has 6 heterocycles. The van der Waals surface area contributed by atoms with Crippen LogP contribution in [0.15, 0.2) is 23.3 Å². The van der Waals surface area contributed by atoms with Gasteiger partial charge in [0.1, 0.15) is 12.2 Å². The van der Waals surface area contributed by atoms with Gasteiger partial charge in [0.05, 0.1) is 97.7 Å². The maximum atomic E-state index is 11.7. The van der Waals surface area contributed by atoms with Gasteiger partial charge in [0.25, 0.3) is 0 Å². The number of hydrogen-bond acceptors (Lipinski definition) is 16. The lowest BCUT2D eigenvalue weighted by atomic mass is 9.98. The quantitative estimate of drug-likeness (QED) is 0.0208. The molecule has 0 saturated carbocycles. The second-order valence-electron chi connectivity index (χ2n) is 28.4. The molecule has 0 radical (unpaired) electrons. The maximum Gasteiger partial charge on any atom is 0.334 e. The Labute approximate surface area is 544 Å². The van der Waals surface area contributed by atoms with Gasteiger partial charge in [0.2, 0.25) is 0 Å². The topological polar surface area (TPSA) is 251 Å². The van der Waals surface area contributed by atoms with E-state index in [-0.39, 0.29) is 73.0 Å². The van der Waals surface area contributed by atoms with Crippen LogP contribution in [-0.4, -0.2) is 163 Å². The molecule has 16 nitrogen and oxygen atoms in total. The van der Waals surface area contributed by atoms with E-state index in [1.807, 2.05) is 13.8 Å². The Balaban J connectivity index is 0.000000327. The first-order valence-electron chi connectivity index (χ1n) is 37.4. The average molecular weight is 1280 g/mol. The highest BCUT2D eigenvalue weighted by Gasteiger charge is 2.38. The van der Waals surface area contributed by atoms with Gasteiger partial charge < -0.3 is 69.3 Å². The predicted octanol–water partition coefficient (Wildman–Crippen LogP) is 13.7. The number of aliphatic hydroxyl groups is 8. The van der Waals surface area contributed by atoms with Crippen LogP contribution >= 0.6 is 0 Å². The SMILES string of the molecule is CCCCCCCCCC[C@H](O)[C@H]1CC[C@@H]([C@@H](O)CC[C@H](O)[C@@H]2CC[C@@H](CCCCCCC[C@@H](O)CC3=C[C@H](C)OC3=O)O2)O1.CCCCCCCCCC[C@H](O)[C@H]1CC[C@H]([C@H](O)CC[C@H](O)[C@@H]2CC[C@@H](CCCCCCC[C@@H](O)CC3=C[C@H](C)OC3=O)O2)O1. The van der Waals surface area contributed by atoms with Crippen molar-refractivity contribution >= 4 is 11.9 Å². The molecule has 0 aromatic rings. The number of aliphatic hydroxyl groups excluding tert-OH is 8. The van der Waals surface area contributed by atoms with E-state index < -0.39 is 48.8 Å². The zero-order chi connectivity index (χ0) is 64.9. The first-order valence-corrected chi connectivity index (χ1v) is 37.4. The summed E-state index contributed by atoms with van der Waals surface area (Å²) in [5.74, 6) is -0.591. The van der Waals surface area contributed by atoms with Crippen LogP contribution in [0.4, 0.5) is 0 Å². The first-order chi connectivity index (χ1) is 43.5. The van der Waals surface area contributed by atoms with Crippen LogP contribution in [0.3, 0.4) is 0 Å². The third-order valence-electron chi connectivity index (χ3n) is 20.3. The molecule has 16 heteroatoms. The molecule has 4 fully saturated rings. The number of cyclic esters (lactones) is 2. The number of unbranched alkanes of at least 4 members (excludes halogenated alkanes) is 22. The van der Waals surface area contributed by atoms with E-state index in [4.69, 9.17) is 28.4 Å².